The van der Waals surface area contributed by atoms with E-state index in [1.165, 1.54) is 32.1 Å². The van der Waals surface area contributed by atoms with Crippen LogP contribution in [0.25, 0.3) is 0 Å². The molecular formula is C18H24N2O. The summed E-state index contributed by atoms with van der Waals surface area (Å²) in [7, 11) is 0. The molecule has 1 heterocycles. The molecule has 1 atom stereocenters. The lowest BCUT2D eigenvalue weighted by molar-refractivity contribution is 0.0440. The van der Waals surface area contributed by atoms with Crippen LogP contribution in [0.4, 0.5) is 0 Å². The number of hydrogen-bond donors (Lipinski definition) is 1. The summed E-state index contributed by atoms with van der Waals surface area (Å²) < 4.78 is 6.07. The van der Waals surface area contributed by atoms with Crippen molar-refractivity contribution in [2.24, 2.45) is 0 Å². The molecule has 2 aliphatic rings. The van der Waals surface area contributed by atoms with Crippen LogP contribution in [0.5, 0.6) is 5.75 Å². The molecule has 1 aromatic rings. The fourth-order valence-electron chi connectivity index (χ4n) is 3.83. The molecule has 1 aliphatic carbocycles. The fraction of sp³-hybridized carbons (Fsp3) is 0.611. The van der Waals surface area contributed by atoms with Crippen LogP contribution in [0, 0.1) is 11.3 Å². The van der Waals surface area contributed by atoms with E-state index in [-0.39, 0.29) is 5.60 Å². The number of ether oxygens (including phenoxy) is 1. The number of fused-ring (bicyclic) bond motifs is 1. The Labute approximate surface area is 127 Å². The van der Waals surface area contributed by atoms with Crippen LogP contribution in [0.2, 0.25) is 0 Å². The van der Waals surface area contributed by atoms with Gasteiger partial charge in [0, 0.05) is 18.0 Å². The molecule has 0 amide bonds. The second-order valence-corrected chi connectivity index (χ2v) is 7.03. The van der Waals surface area contributed by atoms with Crippen LogP contribution >= 0.6 is 0 Å². The lowest BCUT2D eigenvalue weighted by Crippen LogP contribution is -2.55. The smallest absolute Gasteiger partial charge is 0.139 e. The number of nitrogens with zero attached hydrogens (tertiary/aromatic N) is 1. The first-order valence-electron chi connectivity index (χ1n) is 8.02. The molecule has 0 saturated heterocycles. The molecule has 3 heteroatoms. The van der Waals surface area contributed by atoms with Crippen LogP contribution < -0.4 is 10.1 Å². The number of rotatable bonds is 2. The molecule has 1 unspecified atom stereocenters. The van der Waals surface area contributed by atoms with Gasteiger partial charge in [-0.05, 0) is 32.8 Å². The van der Waals surface area contributed by atoms with Crippen LogP contribution in [0.15, 0.2) is 24.3 Å². The largest absolute Gasteiger partial charge is 0.487 e. The molecular weight excluding hydrogens is 260 g/mol. The summed E-state index contributed by atoms with van der Waals surface area (Å²) in [6.45, 7) is 4.13. The fourth-order valence-corrected chi connectivity index (χ4v) is 3.83. The highest BCUT2D eigenvalue weighted by atomic mass is 16.5. The van der Waals surface area contributed by atoms with E-state index in [9.17, 15) is 5.26 Å². The standard InChI is InChI=1S/C18H24N2O/c1-17(2)12-18(13-19,20-14-8-4-3-5-9-14)15-10-6-7-11-16(15)21-17/h6-7,10-11,14,20H,3-5,8-9,12H2,1-2H3. The highest BCUT2D eigenvalue weighted by Gasteiger charge is 2.46. The first-order chi connectivity index (χ1) is 10.0. The SMILES string of the molecule is CC1(C)CC(C#N)(NC2CCCCC2)c2ccccc2O1. The molecule has 1 saturated carbocycles. The number of nitriles is 1. The van der Waals surface area contributed by atoms with Crippen LogP contribution in [0.1, 0.15) is 57.9 Å². The summed E-state index contributed by atoms with van der Waals surface area (Å²) in [6.07, 6.45) is 6.88. The summed E-state index contributed by atoms with van der Waals surface area (Å²) in [5, 5.41) is 13.7. The molecule has 0 aromatic heterocycles. The van der Waals surface area contributed by atoms with Gasteiger partial charge in [0.2, 0.25) is 0 Å². The zero-order valence-corrected chi connectivity index (χ0v) is 13.0. The molecule has 3 nitrogen and oxygen atoms in total. The minimum Gasteiger partial charge on any atom is -0.487 e. The molecule has 1 N–H and O–H groups in total. The van der Waals surface area contributed by atoms with Gasteiger partial charge < -0.3 is 4.74 Å². The molecule has 1 fully saturated rings. The van der Waals surface area contributed by atoms with Crippen molar-refractivity contribution in [2.75, 3.05) is 0 Å². The van der Waals surface area contributed by atoms with Gasteiger partial charge in [-0.3, -0.25) is 5.32 Å². The molecule has 1 aliphatic heterocycles. The third-order valence-electron chi connectivity index (χ3n) is 4.67. The van der Waals surface area contributed by atoms with E-state index >= 15 is 0 Å². The maximum Gasteiger partial charge on any atom is 0.139 e. The number of para-hydroxylation sites is 1. The second kappa shape index (κ2) is 5.35. The predicted octanol–water partition coefficient (Wildman–Crippen LogP) is 3.89. The monoisotopic (exact) mass is 284 g/mol. The Hall–Kier alpha value is -1.53. The van der Waals surface area contributed by atoms with E-state index in [1.807, 2.05) is 24.3 Å². The zero-order chi connectivity index (χ0) is 14.9. The first-order valence-corrected chi connectivity index (χ1v) is 8.02. The van der Waals surface area contributed by atoms with E-state index in [1.54, 1.807) is 0 Å². The first kappa shape index (κ1) is 14.4. The number of nitrogens with one attached hydrogen (secondary N) is 1. The van der Waals surface area contributed by atoms with Gasteiger partial charge in [-0.25, -0.2) is 0 Å². The Kier molecular flexibility index (Phi) is 3.67. The maximum atomic E-state index is 9.98. The van der Waals surface area contributed by atoms with Gasteiger partial charge in [-0.1, -0.05) is 37.5 Å². The Morgan fingerprint density at radius 2 is 1.90 bits per heavy atom. The molecule has 0 radical (unpaired) electrons. The average Bonchev–Trinajstić information content (AvgIpc) is 2.47. The summed E-state index contributed by atoms with van der Waals surface area (Å²) in [4.78, 5) is 0. The second-order valence-electron chi connectivity index (χ2n) is 7.03. The van der Waals surface area contributed by atoms with Gasteiger partial charge in [0.05, 0.1) is 6.07 Å². The van der Waals surface area contributed by atoms with Gasteiger partial charge in [0.15, 0.2) is 0 Å². The van der Waals surface area contributed by atoms with E-state index in [2.05, 4.69) is 25.2 Å². The Morgan fingerprint density at radius 3 is 2.62 bits per heavy atom. The minimum atomic E-state index is -0.625. The summed E-state index contributed by atoms with van der Waals surface area (Å²) >= 11 is 0. The van der Waals surface area contributed by atoms with Crippen molar-refractivity contribution in [2.45, 2.75) is 69.6 Å². The van der Waals surface area contributed by atoms with Crippen molar-refractivity contribution in [3.8, 4) is 11.8 Å². The third-order valence-corrected chi connectivity index (χ3v) is 4.67. The Bertz CT molecular complexity index is 555. The predicted molar refractivity (Wildman–Crippen MR) is 83.1 cm³/mol. The summed E-state index contributed by atoms with van der Waals surface area (Å²) in [6, 6.07) is 11.0. The van der Waals surface area contributed by atoms with Crippen LogP contribution in [0.3, 0.4) is 0 Å². The van der Waals surface area contributed by atoms with Gasteiger partial charge in [-0.2, -0.15) is 5.26 Å². The van der Waals surface area contributed by atoms with Crippen molar-refractivity contribution >= 4 is 0 Å². The van der Waals surface area contributed by atoms with E-state index in [4.69, 9.17) is 4.74 Å². The molecule has 112 valence electrons. The van der Waals surface area contributed by atoms with Gasteiger partial charge in [0.25, 0.3) is 0 Å². The van der Waals surface area contributed by atoms with E-state index in [0.29, 0.717) is 12.5 Å². The molecule has 0 spiro atoms. The normalized spacial score (nSPS) is 28.2. The van der Waals surface area contributed by atoms with Crippen molar-refractivity contribution < 1.29 is 4.74 Å². The average molecular weight is 284 g/mol. The molecule has 3 rings (SSSR count). The molecule has 21 heavy (non-hydrogen) atoms. The maximum absolute atomic E-state index is 9.98. The van der Waals surface area contributed by atoms with Crippen molar-refractivity contribution in [1.82, 2.24) is 5.32 Å². The number of hydrogen-bond acceptors (Lipinski definition) is 3. The highest BCUT2D eigenvalue weighted by Crippen LogP contribution is 2.43. The minimum absolute atomic E-state index is 0.328. The van der Waals surface area contributed by atoms with Crippen molar-refractivity contribution in [1.29, 1.82) is 5.26 Å². The topological polar surface area (TPSA) is 45.0 Å². The third kappa shape index (κ3) is 2.78. The Balaban J connectivity index is 1.97. The summed E-state index contributed by atoms with van der Waals surface area (Å²) in [5.41, 5.74) is 0.0453. The molecule has 1 aromatic carbocycles. The lowest BCUT2D eigenvalue weighted by Gasteiger charge is -2.44. The van der Waals surface area contributed by atoms with E-state index in [0.717, 1.165) is 11.3 Å². The van der Waals surface area contributed by atoms with Crippen molar-refractivity contribution in [3.63, 3.8) is 0 Å². The highest BCUT2D eigenvalue weighted by molar-refractivity contribution is 5.46. The quantitative estimate of drug-likeness (QED) is 0.896. The van der Waals surface area contributed by atoms with Crippen LogP contribution in [-0.4, -0.2) is 11.6 Å². The summed E-state index contributed by atoms with van der Waals surface area (Å²) in [5.74, 6) is 0.846. The lowest BCUT2D eigenvalue weighted by atomic mass is 9.77. The van der Waals surface area contributed by atoms with Crippen LogP contribution in [-0.2, 0) is 5.54 Å². The van der Waals surface area contributed by atoms with Gasteiger partial charge in [-0.15, -0.1) is 0 Å². The van der Waals surface area contributed by atoms with E-state index < -0.39 is 5.54 Å². The molecule has 0 bridgehead atoms. The zero-order valence-electron chi connectivity index (χ0n) is 13.0. The van der Waals surface area contributed by atoms with Gasteiger partial charge in [0.1, 0.15) is 16.9 Å². The van der Waals surface area contributed by atoms with Gasteiger partial charge >= 0.3 is 0 Å². The van der Waals surface area contributed by atoms with Crippen molar-refractivity contribution in [3.05, 3.63) is 29.8 Å². The number of benzene rings is 1. The Morgan fingerprint density at radius 1 is 1.19 bits per heavy atom.